The molecule has 0 atom stereocenters. The fourth-order valence-electron chi connectivity index (χ4n) is 5.43. The van der Waals surface area contributed by atoms with Gasteiger partial charge in [0.15, 0.2) is 0 Å². The molecule has 0 aliphatic heterocycles. The summed E-state index contributed by atoms with van der Waals surface area (Å²) in [6, 6.07) is 11.0. The summed E-state index contributed by atoms with van der Waals surface area (Å²) in [4.78, 5) is 0. The van der Waals surface area contributed by atoms with Crippen molar-refractivity contribution in [3.8, 4) is 0 Å². The lowest BCUT2D eigenvalue weighted by Crippen LogP contribution is -2.51. The van der Waals surface area contributed by atoms with Crippen molar-refractivity contribution in [1.29, 1.82) is 0 Å². The third kappa shape index (κ3) is 15.0. The summed E-state index contributed by atoms with van der Waals surface area (Å²) in [6.07, 6.45) is 25.1. The molecule has 0 aliphatic rings. The van der Waals surface area contributed by atoms with Gasteiger partial charge in [0.25, 0.3) is 0 Å². The van der Waals surface area contributed by atoms with Crippen LogP contribution in [0.25, 0.3) is 5.57 Å². The molecule has 0 radical (unpaired) electrons. The highest BCUT2D eigenvalue weighted by molar-refractivity contribution is 5.63. The van der Waals surface area contributed by atoms with Gasteiger partial charge in [-0.25, -0.2) is 0 Å². The van der Waals surface area contributed by atoms with Crippen molar-refractivity contribution < 1.29 is 4.48 Å². The van der Waals surface area contributed by atoms with E-state index in [9.17, 15) is 0 Å². The van der Waals surface area contributed by atoms with Crippen LogP contribution in [-0.2, 0) is 0 Å². The van der Waals surface area contributed by atoms with E-state index in [0.29, 0.717) is 0 Å². The molecule has 1 heteroatoms. The Hall–Kier alpha value is -1.08. The number of nitrogens with zero attached hydrogens (tertiary/aromatic N) is 1. The first-order valence-electron chi connectivity index (χ1n) is 15.3. The fraction of sp³-hybridized carbons (Fsp3) is 0.758. The number of hydrogen-bond acceptors (Lipinski definition) is 0. The van der Waals surface area contributed by atoms with E-state index in [2.05, 4.69) is 57.7 Å². The van der Waals surface area contributed by atoms with E-state index in [1.165, 1.54) is 151 Å². The SMILES string of the molecule is C=C(C[N+](CCCCCCCC)(CCCCCCCC)CCCCCCCC)c1ccccc1. The first-order valence-corrected chi connectivity index (χ1v) is 15.3. The van der Waals surface area contributed by atoms with E-state index in [1.807, 2.05) is 0 Å². The topological polar surface area (TPSA) is 0 Å². The summed E-state index contributed by atoms with van der Waals surface area (Å²) < 4.78 is 1.28. The van der Waals surface area contributed by atoms with Crippen LogP contribution in [0.5, 0.6) is 0 Å². The molecule has 1 aromatic carbocycles. The van der Waals surface area contributed by atoms with Crippen LogP contribution in [0.3, 0.4) is 0 Å². The molecular weight excluding hydrogens is 410 g/mol. The van der Waals surface area contributed by atoms with E-state index >= 15 is 0 Å². The van der Waals surface area contributed by atoms with Crippen molar-refractivity contribution in [2.45, 2.75) is 136 Å². The molecule has 0 unspecified atom stereocenters. The highest BCUT2D eigenvalue weighted by Gasteiger charge is 2.27. The van der Waals surface area contributed by atoms with Crippen molar-refractivity contribution in [2.24, 2.45) is 0 Å². The Bertz CT molecular complexity index is 535. The van der Waals surface area contributed by atoms with Gasteiger partial charge in [-0.2, -0.15) is 0 Å². The fourth-order valence-corrected chi connectivity index (χ4v) is 5.43. The average Bonchev–Trinajstić information content (AvgIpc) is 2.86. The van der Waals surface area contributed by atoms with Gasteiger partial charge in [0, 0.05) is 5.57 Å². The lowest BCUT2D eigenvalue weighted by molar-refractivity contribution is -0.922. The maximum Gasteiger partial charge on any atom is 0.104 e. The van der Waals surface area contributed by atoms with Gasteiger partial charge in [-0.3, -0.25) is 0 Å². The van der Waals surface area contributed by atoms with Crippen LogP contribution in [0.4, 0.5) is 0 Å². The third-order valence-electron chi connectivity index (χ3n) is 7.67. The summed E-state index contributed by atoms with van der Waals surface area (Å²) in [5.41, 5.74) is 2.70. The van der Waals surface area contributed by atoms with Gasteiger partial charge in [-0.1, -0.05) is 135 Å². The quantitative estimate of drug-likeness (QED) is 0.104. The minimum absolute atomic E-state index is 1.14. The van der Waals surface area contributed by atoms with E-state index in [-0.39, 0.29) is 0 Å². The van der Waals surface area contributed by atoms with Gasteiger partial charge < -0.3 is 4.48 Å². The van der Waals surface area contributed by atoms with Crippen molar-refractivity contribution >= 4 is 5.57 Å². The summed E-state index contributed by atoms with van der Waals surface area (Å²) >= 11 is 0. The number of unbranched alkanes of at least 4 members (excludes halogenated alkanes) is 15. The molecule has 0 aromatic heterocycles. The molecule has 0 fully saturated rings. The summed E-state index contributed by atoms with van der Waals surface area (Å²) in [5.74, 6) is 0. The molecule has 0 N–H and O–H groups in total. The Labute approximate surface area is 215 Å². The van der Waals surface area contributed by atoms with Crippen LogP contribution in [0.1, 0.15) is 142 Å². The summed E-state index contributed by atoms with van der Waals surface area (Å²) in [6.45, 7) is 16.7. The van der Waals surface area contributed by atoms with Crippen molar-refractivity contribution in [3.63, 3.8) is 0 Å². The predicted molar refractivity (Wildman–Crippen MR) is 155 cm³/mol. The molecule has 0 saturated carbocycles. The molecule has 196 valence electrons. The average molecular weight is 471 g/mol. The Kier molecular flexibility index (Phi) is 19.3. The highest BCUT2D eigenvalue weighted by atomic mass is 15.3. The lowest BCUT2D eigenvalue weighted by atomic mass is 10.0. The third-order valence-corrected chi connectivity index (χ3v) is 7.67. The second-order valence-electron chi connectivity index (χ2n) is 10.9. The zero-order chi connectivity index (χ0) is 24.7. The molecule has 1 aromatic rings. The second kappa shape index (κ2) is 21.2. The number of quaternary nitrogens is 1. The summed E-state index contributed by atoms with van der Waals surface area (Å²) in [7, 11) is 0. The van der Waals surface area contributed by atoms with E-state index in [0.717, 1.165) is 6.54 Å². The maximum absolute atomic E-state index is 4.60. The number of hydrogen-bond donors (Lipinski definition) is 0. The Balaban J connectivity index is 2.80. The second-order valence-corrected chi connectivity index (χ2v) is 10.9. The minimum atomic E-state index is 1.14. The summed E-state index contributed by atoms with van der Waals surface area (Å²) in [5, 5.41) is 0. The lowest BCUT2D eigenvalue weighted by Gasteiger charge is -2.40. The molecule has 1 nitrogen and oxygen atoms in total. The van der Waals surface area contributed by atoms with Gasteiger partial charge in [0.2, 0.25) is 0 Å². The van der Waals surface area contributed by atoms with Crippen molar-refractivity contribution in [3.05, 3.63) is 42.5 Å². The van der Waals surface area contributed by atoms with Gasteiger partial charge in [-0.05, 0) is 44.1 Å². The van der Waals surface area contributed by atoms with Gasteiger partial charge in [-0.15, -0.1) is 0 Å². The van der Waals surface area contributed by atoms with E-state index in [4.69, 9.17) is 0 Å². The van der Waals surface area contributed by atoms with Crippen LogP contribution in [-0.4, -0.2) is 30.7 Å². The predicted octanol–water partition coefficient (Wildman–Crippen LogP) is 10.6. The number of rotatable bonds is 24. The van der Waals surface area contributed by atoms with Crippen LogP contribution in [0, 0.1) is 0 Å². The number of benzene rings is 1. The molecule has 0 heterocycles. The zero-order valence-corrected chi connectivity index (χ0v) is 23.6. The maximum atomic E-state index is 4.60. The molecule has 0 saturated heterocycles. The molecule has 0 spiro atoms. The normalized spacial score (nSPS) is 11.7. The Morgan fingerprint density at radius 2 is 0.882 bits per heavy atom. The van der Waals surface area contributed by atoms with Crippen molar-refractivity contribution in [2.75, 3.05) is 26.2 Å². The first-order chi connectivity index (χ1) is 16.7. The standard InChI is InChI=1S/C33H60N/c1-5-8-11-14-17-23-28-34(29-24-18-15-12-9-6-2,30-25-19-16-13-10-7-3)31-32(4)33-26-21-20-22-27-33/h20-22,26-27H,4-19,23-25,28-31H2,1-3H3/q+1. The highest BCUT2D eigenvalue weighted by Crippen LogP contribution is 2.24. The molecule has 0 amide bonds. The van der Waals surface area contributed by atoms with E-state index in [1.54, 1.807) is 0 Å². The smallest absolute Gasteiger partial charge is 0.104 e. The van der Waals surface area contributed by atoms with Gasteiger partial charge in [0.05, 0.1) is 19.6 Å². The van der Waals surface area contributed by atoms with Crippen LogP contribution >= 0.6 is 0 Å². The molecule has 0 bridgehead atoms. The molecule has 1 rings (SSSR count). The largest absolute Gasteiger partial charge is 0.320 e. The van der Waals surface area contributed by atoms with Crippen LogP contribution in [0.15, 0.2) is 36.9 Å². The monoisotopic (exact) mass is 470 g/mol. The molecule has 34 heavy (non-hydrogen) atoms. The van der Waals surface area contributed by atoms with Crippen LogP contribution in [0.2, 0.25) is 0 Å². The Morgan fingerprint density at radius 1 is 0.529 bits per heavy atom. The minimum Gasteiger partial charge on any atom is -0.320 e. The van der Waals surface area contributed by atoms with Gasteiger partial charge in [0.1, 0.15) is 6.54 Å². The van der Waals surface area contributed by atoms with Crippen LogP contribution < -0.4 is 0 Å². The first kappa shape index (κ1) is 31.0. The van der Waals surface area contributed by atoms with E-state index < -0.39 is 0 Å². The zero-order valence-electron chi connectivity index (χ0n) is 23.6. The van der Waals surface area contributed by atoms with Crippen molar-refractivity contribution in [1.82, 2.24) is 0 Å². The molecular formula is C33H60N+. The molecule has 0 aliphatic carbocycles. The Morgan fingerprint density at radius 3 is 1.26 bits per heavy atom. The van der Waals surface area contributed by atoms with Gasteiger partial charge >= 0.3 is 0 Å².